The van der Waals surface area contributed by atoms with Gasteiger partial charge in [0.05, 0.1) is 6.04 Å². The zero-order chi connectivity index (χ0) is 29.2. The third-order valence-corrected chi connectivity index (χ3v) is 7.30. The molecule has 0 bridgehead atoms. The molecule has 0 saturated carbocycles. The molecule has 4 aromatic rings. The fourth-order valence-corrected chi connectivity index (χ4v) is 5.30. The molecule has 1 fully saturated rings. The molecule has 0 radical (unpaired) electrons. The Morgan fingerprint density at radius 3 is 2.62 bits per heavy atom. The van der Waals surface area contributed by atoms with E-state index in [2.05, 4.69) is 36.3 Å². The Morgan fingerprint density at radius 1 is 1.12 bits per heavy atom. The van der Waals surface area contributed by atoms with Gasteiger partial charge < -0.3 is 9.32 Å². The fourth-order valence-electron chi connectivity index (χ4n) is 5.30. The molecule has 2 amide bonds. The first kappa shape index (κ1) is 27.1. The summed E-state index contributed by atoms with van der Waals surface area (Å²) in [5, 5.41) is 8.26. The number of likely N-dealkylation sites (tertiary alicyclic amines) is 1. The number of nitrogens with one attached hydrogen (secondary N) is 3. The van der Waals surface area contributed by atoms with Crippen molar-refractivity contribution in [1.82, 2.24) is 30.9 Å². The Morgan fingerprint density at radius 2 is 1.90 bits per heavy atom. The number of amides is 2. The van der Waals surface area contributed by atoms with Crippen molar-refractivity contribution >= 4 is 34.6 Å². The van der Waals surface area contributed by atoms with E-state index in [0.717, 1.165) is 11.4 Å². The Hall–Kier alpha value is -5.11. The first-order valence-corrected chi connectivity index (χ1v) is 13.2. The van der Waals surface area contributed by atoms with Crippen molar-refractivity contribution in [1.29, 1.82) is 0 Å². The molecule has 2 aromatic carbocycles. The van der Waals surface area contributed by atoms with Crippen molar-refractivity contribution < 1.29 is 27.9 Å². The quantitative estimate of drug-likeness (QED) is 0.298. The zero-order valence-corrected chi connectivity index (χ0v) is 22.4. The van der Waals surface area contributed by atoms with Crippen molar-refractivity contribution in [3.63, 3.8) is 0 Å². The summed E-state index contributed by atoms with van der Waals surface area (Å²) < 4.78 is 31.5. The number of pyridine rings is 1. The average molecular weight is 577 g/mol. The van der Waals surface area contributed by atoms with E-state index in [-0.39, 0.29) is 41.0 Å². The van der Waals surface area contributed by atoms with Crippen molar-refractivity contribution in [3.8, 4) is 11.5 Å². The molecule has 2 aliphatic heterocycles. The molecule has 12 nitrogen and oxygen atoms in total. The summed E-state index contributed by atoms with van der Waals surface area (Å²) in [7, 11) is 0. The first-order chi connectivity index (χ1) is 20.4. The van der Waals surface area contributed by atoms with E-state index in [1.54, 1.807) is 35.2 Å². The van der Waals surface area contributed by atoms with Crippen LogP contribution >= 0.6 is 0 Å². The molecule has 1 atom stereocenters. The molecule has 42 heavy (non-hydrogen) atoms. The first-order valence-electron chi connectivity index (χ1n) is 13.2. The van der Waals surface area contributed by atoms with Gasteiger partial charge in [0.2, 0.25) is 5.89 Å². The highest BCUT2D eigenvalue weighted by Crippen LogP contribution is 2.35. The molecule has 1 saturated heterocycles. The van der Waals surface area contributed by atoms with Crippen LogP contribution in [0.1, 0.15) is 41.9 Å². The number of hydrazone groups is 1. The van der Waals surface area contributed by atoms with Gasteiger partial charge in [0.15, 0.2) is 5.58 Å². The molecule has 4 heterocycles. The molecule has 14 heteroatoms. The number of piperidine rings is 1. The Kier molecular flexibility index (Phi) is 7.35. The predicted octanol–water partition coefficient (Wildman–Crippen LogP) is 4.71. The monoisotopic (exact) mass is 576 g/mol. The van der Waals surface area contributed by atoms with E-state index in [4.69, 9.17) is 4.42 Å². The lowest BCUT2D eigenvalue weighted by atomic mass is 9.85. The van der Waals surface area contributed by atoms with Crippen LogP contribution in [0.25, 0.3) is 22.6 Å². The second-order valence-electron chi connectivity index (χ2n) is 10.0. The predicted molar refractivity (Wildman–Crippen MR) is 147 cm³/mol. The van der Waals surface area contributed by atoms with E-state index in [0.29, 0.717) is 42.6 Å². The lowest BCUT2D eigenvalue weighted by Gasteiger charge is -2.39. The lowest BCUT2D eigenvalue weighted by Crippen LogP contribution is -2.49. The van der Waals surface area contributed by atoms with Gasteiger partial charge in [0.1, 0.15) is 22.9 Å². The summed E-state index contributed by atoms with van der Waals surface area (Å²) in [6, 6.07) is 14.2. The maximum Gasteiger partial charge on any atom is 0.449 e. The molecule has 2 aliphatic rings. The highest BCUT2D eigenvalue weighted by molar-refractivity contribution is 5.93. The highest BCUT2D eigenvalue weighted by atomic mass is 19.3. The molecular formula is C28H26F2N8O4. The molecule has 3 N–H and O–H groups in total. The van der Waals surface area contributed by atoms with Gasteiger partial charge in [-0.1, -0.05) is 12.1 Å². The second-order valence-corrected chi connectivity index (χ2v) is 10.0. The lowest BCUT2D eigenvalue weighted by molar-refractivity contribution is -0.0544. The van der Waals surface area contributed by atoms with Gasteiger partial charge in [-0.3, -0.25) is 20.5 Å². The summed E-state index contributed by atoms with van der Waals surface area (Å²) in [4.78, 5) is 38.2. The molecule has 1 unspecified atom stereocenters. The Balaban J connectivity index is 1.15. The van der Waals surface area contributed by atoms with Crippen LogP contribution in [0.5, 0.6) is 0 Å². The van der Waals surface area contributed by atoms with Gasteiger partial charge in [0.25, 0.3) is 5.91 Å². The van der Waals surface area contributed by atoms with E-state index in [9.17, 15) is 18.5 Å². The number of anilines is 1. The van der Waals surface area contributed by atoms with Crippen molar-refractivity contribution in [2.24, 2.45) is 11.0 Å². The summed E-state index contributed by atoms with van der Waals surface area (Å²) in [6.07, 6.45) is 1.69. The van der Waals surface area contributed by atoms with Gasteiger partial charge in [-0.05, 0) is 73.7 Å². The minimum Gasteiger partial charge on any atom is -0.436 e. The fraction of sp³-hybridized carbons (Fsp3) is 0.250. The third kappa shape index (κ3) is 5.56. The van der Waals surface area contributed by atoms with Gasteiger partial charge in [-0.2, -0.15) is 0 Å². The number of benzene rings is 2. The number of amidine groups is 1. The van der Waals surface area contributed by atoms with E-state index < -0.39 is 6.09 Å². The SMILES string of the molecule is CC1=NNN(C(c2ccc(F)cc2)C2CCN(C(=O)c3cc(-c4nc5cc(NC(=O)OF)ccc5o4)ccn3)CC2)N1. The zero-order valence-electron chi connectivity index (χ0n) is 22.4. The number of aromatic nitrogens is 2. The smallest absolute Gasteiger partial charge is 0.436 e. The van der Waals surface area contributed by atoms with Crippen LogP contribution in [0, 0.1) is 11.7 Å². The van der Waals surface area contributed by atoms with Gasteiger partial charge in [-0.15, -0.1) is 10.2 Å². The standard InChI is InChI=1S/C28H26F2N8O4/c1-16-34-36-38(35-16)25(17-2-4-20(29)5-3-17)18-9-12-37(13-10-18)27(39)23-14-19(8-11-31-23)26-33-22-15-21(32-28(40)42-30)6-7-24(22)41-26/h2-8,11,14-15,18,25,36H,9-10,12-13H2,1H3,(H,32,40)(H,34,35). The van der Waals surface area contributed by atoms with Gasteiger partial charge >= 0.3 is 6.09 Å². The number of oxazole rings is 1. The highest BCUT2D eigenvalue weighted by Gasteiger charge is 2.35. The Labute approximate surface area is 238 Å². The maximum absolute atomic E-state index is 13.6. The van der Waals surface area contributed by atoms with Crippen LogP contribution in [-0.4, -0.2) is 50.9 Å². The molecular weight excluding hydrogens is 550 g/mol. The van der Waals surface area contributed by atoms with E-state index in [1.807, 2.05) is 12.0 Å². The summed E-state index contributed by atoms with van der Waals surface area (Å²) in [6.45, 7) is 2.88. The van der Waals surface area contributed by atoms with E-state index >= 15 is 0 Å². The number of carbonyl (C=O) groups is 2. The van der Waals surface area contributed by atoms with Crippen LogP contribution in [0.3, 0.4) is 0 Å². The summed E-state index contributed by atoms with van der Waals surface area (Å²) in [5.41, 5.74) is 9.08. The maximum atomic E-state index is 13.6. The van der Waals surface area contributed by atoms with Gasteiger partial charge in [-0.25, -0.2) is 24.6 Å². The molecule has 2 aromatic heterocycles. The van der Waals surface area contributed by atoms with Crippen LogP contribution < -0.4 is 16.3 Å². The van der Waals surface area contributed by atoms with Crippen LogP contribution in [0.15, 0.2) is 70.3 Å². The van der Waals surface area contributed by atoms with Crippen LogP contribution in [-0.2, 0) is 4.94 Å². The van der Waals surface area contributed by atoms with Crippen LogP contribution in [0.4, 0.5) is 19.4 Å². The normalized spacial score (nSPS) is 16.5. The number of hydrogen-bond donors (Lipinski definition) is 3. The van der Waals surface area contributed by atoms with Gasteiger partial charge in [0, 0.05) is 35.1 Å². The van der Waals surface area contributed by atoms with E-state index in [1.165, 1.54) is 30.5 Å². The topological polar surface area (TPSA) is 137 Å². The minimum atomic E-state index is -1.25. The average Bonchev–Trinajstić information content (AvgIpc) is 3.64. The molecule has 0 spiro atoms. The number of carbonyl (C=O) groups excluding carboxylic acids is 2. The second kappa shape index (κ2) is 11.4. The third-order valence-electron chi connectivity index (χ3n) is 7.30. The number of hydrogen-bond acceptors (Lipinski definition) is 10. The molecule has 216 valence electrons. The number of fused-ring (bicyclic) bond motifs is 1. The number of halogens is 2. The summed E-state index contributed by atoms with van der Waals surface area (Å²) in [5.74, 6) is 0.624. The number of nitrogens with zero attached hydrogens (tertiary/aromatic N) is 5. The largest absolute Gasteiger partial charge is 0.449 e. The van der Waals surface area contributed by atoms with Crippen molar-refractivity contribution in [3.05, 3.63) is 77.9 Å². The van der Waals surface area contributed by atoms with Crippen LogP contribution in [0.2, 0.25) is 0 Å². The Bertz CT molecular complexity index is 1650. The van der Waals surface area contributed by atoms with Crippen molar-refractivity contribution in [2.75, 3.05) is 18.4 Å². The number of hydrazine groups is 2. The minimum absolute atomic E-state index is 0.136. The van der Waals surface area contributed by atoms with Crippen molar-refractivity contribution in [2.45, 2.75) is 25.8 Å². The molecule has 0 aliphatic carbocycles. The molecule has 6 rings (SSSR count). The number of rotatable bonds is 6. The summed E-state index contributed by atoms with van der Waals surface area (Å²) >= 11 is 0.